The van der Waals surface area contributed by atoms with Crippen LogP contribution in [0.3, 0.4) is 0 Å². The minimum Gasteiger partial charge on any atom is -0.416 e. The van der Waals surface area contributed by atoms with Gasteiger partial charge in [-0.2, -0.15) is 4.39 Å². The largest absolute Gasteiger partial charge is 0.416 e. The number of benzene rings is 1. The van der Waals surface area contributed by atoms with Gasteiger partial charge in [0.05, 0.1) is 5.56 Å². The maximum absolute atomic E-state index is 13.5. The lowest BCUT2D eigenvalue weighted by Crippen LogP contribution is -1.87. The van der Waals surface area contributed by atoms with E-state index in [9.17, 15) is 4.39 Å². The average molecular weight is 276 g/mol. The van der Waals surface area contributed by atoms with E-state index in [1.807, 2.05) is 0 Å². The van der Waals surface area contributed by atoms with Crippen LogP contribution in [0, 0.1) is 5.95 Å². The average Bonchev–Trinajstić information content (AvgIpc) is 2.89. The monoisotopic (exact) mass is 275 g/mol. The second-order valence-corrected chi connectivity index (χ2v) is 4.20. The Morgan fingerprint density at radius 2 is 1.74 bits per heavy atom. The fraction of sp³-hybridized carbons (Fsp3) is 0. The molecule has 1 aromatic carbocycles. The Hall–Kier alpha value is -2.27. The van der Waals surface area contributed by atoms with Gasteiger partial charge in [0, 0.05) is 16.8 Å². The molecular weight excluding hydrogens is 269 g/mol. The molecule has 0 aliphatic heterocycles. The molecule has 2 aromatic heterocycles. The molecule has 2 heterocycles. The highest BCUT2D eigenvalue weighted by Gasteiger charge is 2.14. The van der Waals surface area contributed by atoms with Crippen LogP contribution in [0.1, 0.15) is 0 Å². The van der Waals surface area contributed by atoms with Crippen LogP contribution in [0.4, 0.5) is 4.39 Å². The molecule has 4 nitrogen and oxygen atoms in total. The maximum Gasteiger partial charge on any atom is 0.252 e. The zero-order chi connectivity index (χ0) is 13.2. The Bertz CT molecular complexity index is 712. The van der Waals surface area contributed by atoms with E-state index in [0.29, 0.717) is 16.5 Å². The van der Waals surface area contributed by atoms with Crippen molar-refractivity contribution >= 4 is 11.6 Å². The Balaban J connectivity index is 2.00. The van der Waals surface area contributed by atoms with Crippen molar-refractivity contribution in [3.8, 4) is 22.9 Å². The van der Waals surface area contributed by atoms with Gasteiger partial charge in [-0.1, -0.05) is 11.6 Å². The van der Waals surface area contributed by atoms with Gasteiger partial charge < -0.3 is 4.42 Å². The van der Waals surface area contributed by atoms with E-state index in [1.54, 1.807) is 30.3 Å². The normalized spacial score (nSPS) is 10.6. The summed E-state index contributed by atoms with van der Waals surface area (Å²) in [5.41, 5.74) is 0.891. The fourth-order valence-electron chi connectivity index (χ4n) is 1.59. The second kappa shape index (κ2) is 4.78. The van der Waals surface area contributed by atoms with E-state index in [4.69, 9.17) is 16.0 Å². The van der Waals surface area contributed by atoms with Crippen molar-refractivity contribution < 1.29 is 8.81 Å². The lowest BCUT2D eigenvalue weighted by molar-refractivity contribution is 0.555. The molecule has 94 valence electrons. The molecule has 0 aliphatic rings. The highest BCUT2D eigenvalue weighted by atomic mass is 35.5. The number of pyridine rings is 1. The summed E-state index contributed by atoms with van der Waals surface area (Å²) in [6.45, 7) is 0. The maximum atomic E-state index is 13.5. The van der Waals surface area contributed by atoms with Gasteiger partial charge in [0.15, 0.2) is 0 Å². The molecule has 0 unspecified atom stereocenters. The van der Waals surface area contributed by atoms with E-state index in [0.717, 1.165) is 0 Å². The summed E-state index contributed by atoms with van der Waals surface area (Å²) >= 11 is 5.80. The number of aromatic nitrogens is 3. The van der Waals surface area contributed by atoms with Crippen LogP contribution in [0.15, 0.2) is 47.0 Å². The molecule has 3 rings (SSSR count). The standard InChI is InChI=1S/C13H7ClFN3O/c14-9-5-3-8(4-6-9)12-17-18-13(19-12)10-2-1-7-16-11(10)15/h1-7H. The zero-order valence-electron chi connectivity index (χ0n) is 9.55. The minimum atomic E-state index is -0.645. The molecule has 0 N–H and O–H groups in total. The third kappa shape index (κ3) is 2.32. The van der Waals surface area contributed by atoms with E-state index in [1.165, 1.54) is 12.3 Å². The first kappa shape index (κ1) is 11.8. The second-order valence-electron chi connectivity index (χ2n) is 3.76. The fourth-order valence-corrected chi connectivity index (χ4v) is 1.71. The molecule has 0 bridgehead atoms. The molecule has 0 amide bonds. The van der Waals surface area contributed by atoms with Crippen LogP contribution in [0.5, 0.6) is 0 Å². The SMILES string of the molecule is Fc1ncccc1-c1nnc(-c2ccc(Cl)cc2)o1. The molecule has 0 saturated heterocycles. The quantitative estimate of drug-likeness (QED) is 0.671. The van der Waals surface area contributed by atoms with Gasteiger partial charge in [-0.05, 0) is 36.4 Å². The van der Waals surface area contributed by atoms with Gasteiger partial charge in [-0.3, -0.25) is 0 Å². The summed E-state index contributed by atoms with van der Waals surface area (Å²) in [5.74, 6) is -0.251. The van der Waals surface area contributed by atoms with Crippen LogP contribution < -0.4 is 0 Å². The summed E-state index contributed by atoms with van der Waals surface area (Å²) in [6, 6.07) is 10.1. The number of hydrogen-bond donors (Lipinski definition) is 0. The van der Waals surface area contributed by atoms with Crippen molar-refractivity contribution in [2.24, 2.45) is 0 Å². The van der Waals surface area contributed by atoms with E-state index in [2.05, 4.69) is 15.2 Å². The van der Waals surface area contributed by atoms with Gasteiger partial charge >= 0.3 is 0 Å². The molecular formula is C13H7ClFN3O. The Labute approximate surface area is 112 Å². The van der Waals surface area contributed by atoms with Crippen molar-refractivity contribution in [2.75, 3.05) is 0 Å². The molecule has 0 saturated carbocycles. The predicted molar refractivity (Wildman–Crippen MR) is 67.9 cm³/mol. The summed E-state index contributed by atoms with van der Waals surface area (Å²) in [5, 5.41) is 8.31. The van der Waals surface area contributed by atoms with Gasteiger partial charge in [0.1, 0.15) is 0 Å². The van der Waals surface area contributed by atoms with E-state index < -0.39 is 5.95 Å². The first-order valence-corrected chi connectivity index (χ1v) is 5.82. The lowest BCUT2D eigenvalue weighted by atomic mass is 10.2. The molecule has 0 atom stereocenters. The number of halogens is 2. The number of hydrogen-bond acceptors (Lipinski definition) is 4. The van der Waals surface area contributed by atoms with E-state index in [-0.39, 0.29) is 11.5 Å². The third-order valence-electron chi connectivity index (χ3n) is 2.51. The van der Waals surface area contributed by atoms with Crippen molar-refractivity contribution in [3.05, 3.63) is 53.6 Å². The van der Waals surface area contributed by atoms with E-state index >= 15 is 0 Å². The third-order valence-corrected chi connectivity index (χ3v) is 2.76. The molecule has 0 aliphatic carbocycles. The summed E-state index contributed by atoms with van der Waals surface area (Å²) < 4.78 is 18.9. The van der Waals surface area contributed by atoms with Gasteiger partial charge in [-0.25, -0.2) is 4.98 Å². The van der Waals surface area contributed by atoms with Crippen LogP contribution in [0.25, 0.3) is 22.9 Å². The smallest absolute Gasteiger partial charge is 0.252 e. The van der Waals surface area contributed by atoms with Crippen LogP contribution in [-0.2, 0) is 0 Å². The van der Waals surface area contributed by atoms with Gasteiger partial charge in [-0.15, -0.1) is 10.2 Å². The molecule has 0 fully saturated rings. The van der Waals surface area contributed by atoms with Gasteiger partial charge in [0.25, 0.3) is 5.89 Å². The molecule has 6 heteroatoms. The highest BCUT2D eigenvalue weighted by molar-refractivity contribution is 6.30. The summed E-state index contributed by atoms with van der Waals surface area (Å²) in [6.07, 6.45) is 1.36. The number of rotatable bonds is 2. The first-order valence-electron chi connectivity index (χ1n) is 5.44. The molecule has 3 aromatic rings. The summed E-state index contributed by atoms with van der Waals surface area (Å²) in [7, 11) is 0. The topological polar surface area (TPSA) is 51.8 Å². The predicted octanol–water partition coefficient (Wildman–Crippen LogP) is 3.59. The first-order chi connectivity index (χ1) is 9.24. The van der Waals surface area contributed by atoms with Crippen molar-refractivity contribution in [1.29, 1.82) is 0 Å². The summed E-state index contributed by atoms with van der Waals surface area (Å²) in [4.78, 5) is 3.54. The highest BCUT2D eigenvalue weighted by Crippen LogP contribution is 2.25. The van der Waals surface area contributed by atoms with Crippen molar-refractivity contribution in [2.45, 2.75) is 0 Å². The van der Waals surface area contributed by atoms with Crippen LogP contribution in [-0.4, -0.2) is 15.2 Å². The van der Waals surface area contributed by atoms with Gasteiger partial charge in [0.2, 0.25) is 11.8 Å². The molecule has 0 radical (unpaired) electrons. The van der Waals surface area contributed by atoms with Crippen molar-refractivity contribution in [3.63, 3.8) is 0 Å². The number of nitrogens with zero attached hydrogens (tertiary/aromatic N) is 3. The molecule has 0 spiro atoms. The lowest BCUT2D eigenvalue weighted by Gasteiger charge is -1.96. The Morgan fingerprint density at radius 3 is 2.47 bits per heavy atom. The van der Waals surface area contributed by atoms with Crippen LogP contribution >= 0.6 is 11.6 Å². The minimum absolute atomic E-state index is 0.0931. The zero-order valence-corrected chi connectivity index (χ0v) is 10.3. The Kier molecular flexibility index (Phi) is 2.97. The Morgan fingerprint density at radius 1 is 1.00 bits per heavy atom. The van der Waals surface area contributed by atoms with Crippen LogP contribution in [0.2, 0.25) is 5.02 Å². The van der Waals surface area contributed by atoms with Crippen molar-refractivity contribution in [1.82, 2.24) is 15.2 Å². The molecule has 19 heavy (non-hydrogen) atoms.